The van der Waals surface area contributed by atoms with Crippen molar-refractivity contribution in [2.75, 3.05) is 35.0 Å². The summed E-state index contributed by atoms with van der Waals surface area (Å²) in [7, 11) is -2.96. The number of carbonyl (C=O) groups excluding carboxylic acids is 1. The number of aliphatic hydroxyl groups excluding tert-OH is 2. The summed E-state index contributed by atoms with van der Waals surface area (Å²) in [5.74, 6) is -0.0610. The van der Waals surface area contributed by atoms with Crippen LogP contribution in [-0.4, -0.2) is 68.9 Å². The van der Waals surface area contributed by atoms with Gasteiger partial charge in [0.05, 0.1) is 35.7 Å². The van der Waals surface area contributed by atoms with Gasteiger partial charge in [-0.1, -0.05) is 54.6 Å². The standard InChI is InChI=1S/C32H42N4O5S/c1-2-33-25-17-24(18-26(20-25)36-14-8-9-15-42(36,40)41)32(39)35-28(16-22-10-4-3-5-11-22)30(38)21-34-31-27-13-7-6-12-23(27)19-29(31)37/h3-7,10-13,17-18,20,28-31,33-34,37-38,40-41H,2,8-9,14-16,19,21H2,1H3,(H,35,39)/t28-,29-,30+,31+/m0/s1. The molecule has 0 spiro atoms. The summed E-state index contributed by atoms with van der Waals surface area (Å²) >= 11 is 0. The summed E-state index contributed by atoms with van der Waals surface area (Å²) in [6.07, 6.45) is 1.01. The fraction of sp³-hybridized carbons (Fsp3) is 0.406. The van der Waals surface area contributed by atoms with E-state index in [1.165, 1.54) is 0 Å². The van der Waals surface area contributed by atoms with Gasteiger partial charge in [0.25, 0.3) is 5.91 Å². The number of benzene rings is 3. The van der Waals surface area contributed by atoms with Crippen molar-refractivity contribution in [3.8, 4) is 0 Å². The van der Waals surface area contributed by atoms with Crippen LogP contribution < -0.4 is 20.3 Å². The predicted molar refractivity (Wildman–Crippen MR) is 169 cm³/mol. The SMILES string of the molecule is CCNc1cc(C(=O)N[C@@H](Cc2ccccc2)[C@H](O)CN[C@@H]2c3ccccc3C[C@@H]2O)cc(N2CCCCS2(O)O)c1. The van der Waals surface area contributed by atoms with Crippen molar-refractivity contribution < 1.29 is 24.1 Å². The molecule has 1 saturated heterocycles. The van der Waals surface area contributed by atoms with Gasteiger partial charge in [0.15, 0.2) is 0 Å². The number of hydrogen-bond donors (Lipinski definition) is 7. The molecule has 0 unspecified atom stereocenters. The lowest BCUT2D eigenvalue weighted by Crippen LogP contribution is -2.49. The van der Waals surface area contributed by atoms with Crippen molar-refractivity contribution in [1.82, 2.24) is 10.6 Å². The number of carbonyl (C=O) groups is 1. The lowest BCUT2D eigenvalue weighted by atomic mass is 9.99. The van der Waals surface area contributed by atoms with Crippen LogP contribution in [0.4, 0.5) is 11.4 Å². The minimum atomic E-state index is -2.96. The fourth-order valence-corrected chi connectivity index (χ4v) is 7.59. The van der Waals surface area contributed by atoms with Crippen LogP contribution in [0.2, 0.25) is 0 Å². The molecule has 0 bridgehead atoms. The summed E-state index contributed by atoms with van der Waals surface area (Å²) < 4.78 is 23.1. The maximum atomic E-state index is 13.7. The molecule has 0 aromatic heterocycles. The maximum absolute atomic E-state index is 13.7. The molecule has 3 aromatic rings. The first-order chi connectivity index (χ1) is 20.2. The van der Waals surface area contributed by atoms with Gasteiger partial charge in [-0.2, -0.15) is 0 Å². The largest absolute Gasteiger partial charge is 0.391 e. The maximum Gasteiger partial charge on any atom is 0.251 e. The molecule has 10 heteroatoms. The number of nitrogens with zero attached hydrogens (tertiary/aromatic N) is 1. The van der Waals surface area contributed by atoms with E-state index in [4.69, 9.17) is 0 Å². The third kappa shape index (κ3) is 7.08. The third-order valence-electron chi connectivity index (χ3n) is 8.06. The molecular formula is C32H42N4O5S. The number of amides is 1. The highest BCUT2D eigenvalue weighted by Crippen LogP contribution is 2.50. The lowest BCUT2D eigenvalue weighted by Gasteiger charge is -2.47. The van der Waals surface area contributed by atoms with E-state index in [2.05, 4.69) is 16.0 Å². The second-order valence-corrected chi connectivity index (χ2v) is 13.3. The van der Waals surface area contributed by atoms with Gasteiger partial charge in [-0.05, 0) is 61.1 Å². The van der Waals surface area contributed by atoms with Crippen LogP contribution in [0, 0.1) is 0 Å². The minimum Gasteiger partial charge on any atom is -0.391 e. The lowest BCUT2D eigenvalue weighted by molar-refractivity contribution is 0.0788. The van der Waals surface area contributed by atoms with Gasteiger partial charge in [-0.3, -0.25) is 18.2 Å². The summed E-state index contributed by atoms with van der Waals surface area (Å²) in [6, 6.07) is 21.9. The van der Waals surface area contributed by atoms with Crippen LogP contribution in [0.25, 0.3) is 0 Å². The van der Waals surface area contributed by atoms with Gasteiger partial charge in [0.2, 0.25) is 0 Å². The predicted octanol–water partition coefficient (Wildman–Crippen LogP) is 4.33. The molecule has 42 heavy (non-hydrogen) atoms. The zero-order valence-electron chi connectivity index (χ0n) is 23.9. The molecule has 1 aliphatic carbocycles. The Labute approximate surface area is 249 Å². The molecule has 3 aromatic carbocycles. The molecule has 1 amide bonds. The van der Waals surface area contributed by atoms with Crippen molar-refractivity contribution in [2.45, 2.75) is 56.9 Å². The quantitative estimate of drug-likeness (QED) is 0.174. The Bertz CT molecular complexity index is 1360. The molecule has 226 valence electrons. The van der Waals surface area contributed by atoms with Crippen LogP contribution in [0.5, 0.6) is 0 Å². The van der Waals surface area contributed by atoms with E-state index in [0.717, 1.165) is 29.5 Å². The van der Waals surface area contributed by atoms with Crippen molar-refractivity contribution >= 4 is 28.1 Å². The first kappa shape index (κ1) is 30.3. The zero-order chi connectivity index (χ0) is 29.7. The van der Waals surface area contributed by atoms with Gasteiger partial charge in [-0.25, -0.2) is 0 Å². The van der Waals surface area contributed by atoms with Gasteiger partial charge in [-0.15, -0.1) is 10.8 Å². The second kappa shape index (κ2) is 13.5. The summed E-state index contributed by atoms with van der Waals surface area (Å²) in [6.45, 7) is 3.26. The van der Waals surface area contributed by atoms with Crippen molar-refractivity contribution in [3.63, 3.8) is 0 Å². The van der Waals surface area contributed by atoms with E-state index in [0.29, 0.717) is 48.6 Å². The molecular weight excluding hydrogens is 552 g/mol. The Hall–Kier alpha value is -3.12. The molecule has 1 fully saturated rings. The highest BCUT2D eigenvalue weighted by Gasteiger charge is 2.32. The number of aliphatic hydroxyl groups is 2. The Morgan fingerprint density at radius 2 is 1.81 bits per heavy atom. The van der Waals surface area contributed by atoms with Gasteiger partial charge in [0, 0.05) is 37.3 Å². The van der Waals surface area contributed by atoms with Crippen LogP contribution in [-0.2, 0) is 12.8 Å². The molecule has 0 radical (unpaired) electrons. The van der Waals surface area contributed by atoms with E-state index in [-0.39, 0.29) is 18.5 Å². The van der Waals surface area contributed by atoms with Crippen molar-refractivity contribution in [3.05, 3.63) is 95.1 Å². The molecule has 5 rings (SSSR count). The number of rotatable bonds is 11. The van der Waals surface area contributed by atoms with E-state index >= 15 is 0 Å². The van der Waals surface area contributed by atoms with Gasteiger partial charge >= 0.3 is 0 Å². The van der Waals surface area contributed by atoms with Gasteiger partial charge in [0.1, 0.15) is 0 Å². The highest BCUT2D eigenvalue weighted by atomic mass is 32.3. The molecule has 7 N–H and O–H groups in total. The van der Waals surface area contributed by atoms with Crippen LogP contribution in [0.3, 0.4) is 0 Å². The molecule has 2 aliphatic rings. The Balaban J connectivity index is 1.36. The summed E-state index contributed by atoms with van der Waals surface area (Å²) in [5, 5.41) is 31.7. The molecule has 9 nitrogen and oxygen atoms in total. The molecule has 4 atom stereocenters. The van der Waals surface area contributed by atoms with E-state index in [1.807, 2.05) is 67.6 Å². The van der Waals surface area contributed by atoms with E-state index in [9.17, 15) is 24.1 Å². The average Bonchev–Trinajstić information content (AvgIpc) is 3.30. The van der Waals surface area contributed by atoms with E-state index < -0.39 is 29.0 Å². The number of fused-ring (bicyclic) bond motifs is 1. The minimum absolute atomic E-state index is 0.172. The summed E-state index contributed by atoms with van der Waals surface area (Å²) in [5.41, 5.74) is 4.73. The first-order valence-corrected chi connectivity index (χ1v) is 16.4. The smallest absolute Gasteiger partial charge is 0.251 e. The topological polar surface area (TPSA) is 137 Å². The van der Waals surface area contributed by atoms with Crippen LogP contribution >= 0.6 is 10.8 Å². The van der Waals surface area contributed by atoms with Crippen molar-refractivity contribution in [2.24, 2.45) is 0 Å². The zero-order valence-corrected chi connectivity index (χ0v) is 24.8. The summed E-state index contributed by atoms with van der Waals surface area (Å²) in [4.78, 5) is 13.7. The Kier molecular flexibility index (Phi) is 9.72. The molecule has 0 saturated carbocycles. The monoisotopic (exact) mass is 594 g/mol. The highest BCUT2D eigenvalue weighted by molar-refractivity contribution is 8.25. The Morgan fingerprint density at radius 1 is 1.05 bits per heavy atom. The first-order valence-electron chi connectivity index (χ1n) is 14.7. The normalized spacial score (nSPS) is 21.7. The average molecular weight is 595 g/mol. The van der Waals surface area contributed by atoms with Crippen molar-refractivity contribution in [1.29, 1.82) is 0 Å². The van der Waals surface area contributed by atoms with Gasteiger partial charge < -0.3 is 26.2 Å². The number of hydrogen-bond acceptors (Lipinski definition) is 8. The molecule has 1 aliphatic heterocycles. The fourth-order valence-electron chi connectivity index (χ4n) is 5.91. The molecule has 1 heterocycles. The number of anilines is 2. The van der Waals surface area contributed by atoms with Crippen LogP contribution in [0.1, 0.15) is 52.9 Å². The number of nitrogens with one attached hydrogen (secondary N) is 3. The second-order valence-electron chi connectivity index (χ2n) is 11.1. The van der Waals surface area contributed by atoms with E-state index in [1.54, 1.807) is 16.4 Å². The third-order valence-corrected chi connectivity index (χ3v) is 10.00. The Morgan fingerprint density at radius 3 is 2.57 bits per heavy atom. The van der Waals surface area contributed by atoms with Crippen LogP contribution in [0.15, 0.2) is 72.8 Å².